The van der Waals surface area contributed by atoms with Gasteiger partial charge in [-0.2, -0.15) is 0 Å². The fraction of sp³-hybridized carbons (Fsp3) is 0.0667. The van der Waals surface area contributed by atoms with Crippen LogP contribution in [0.15, 0.2) is 110 Å². The second-order valence-corrected chi connectivity index (χ2v) is 7.65. The number of anilines is 3. The van der Waals surface area contributed by atoms with E-state index in [2.05, 4.69) is 116 Å². The van der Waals surface area contributed by atoms with E-state index in [1.54, 1.807) is 0 Å². The largest absolute Gasteiger partial charge is 0.310 e. The van der Waals surface area contributed by atoms with Gasteiger partial charge in [0.25, 0.3) is 0 Å². The van der Waals surface area contributed by atoms with Crippen LogP contribution < -0.4 is 4.90 Å². The third-order valence-electron chi connectivity index (χ3n) is 5.59. The first-order valence-electron chi connectivity index (χ1n) is 10.6. The molecule has 0 aromatic heterocycles. The van der Waals surface area contributed by atoms with Gasteiger partial charge in [-0.25, -0.2) is 0 Å². The van der Waals surface area contributed by atoms with Crippen molar-refractivity contribution in [2.45, 2.75) is 13.8 Å². The summed E-state index contributed by atoms with van der Waals surface area (Å²) in [6, 6.07) is 30.1. The molecule has 0 N–H and O–H groups in total. The van der Waals surface area contributed by atoms with E-state index in [1.165, 1.54) is 16.3 Å². The summed E-state index contributed by atoms with van der Waals surface area (Å²) in [6.07, 6.45) is 5.97. The molecule has 0 bridgehead atoms. The summed E-state index contributed by atoms with van der Waals surface area (Å²) in [4.78, 5) is 2.32. The molecule has 0 radical (unpaired) electrons. The first-order chi connectivity index (χ1) is 15.1. The molecule has 4 aromatic rings. The maximum absolute atomic E-state index is 4.28. The average Bonchev–Trinajstić information content (AvgIpc) is 2.81. The van der Waals surface area contributed by atoms with Crippen LogP contribution in [0.3, 0.4) is 0 Å². The van der Waals surface area contributed by atoms with E-state index >= 15 is 0 Å². The summed E-state index contributed by atoms with van der Waals surface area (Å²) in [5.41, 5.74) is 7.85. The molecule has 1 heteroatoms. The van der Waals surface area contributed by atoms with Gasteiger partial charge in [0.2, 0.25) is 0 Å². The molecular formula is C30H27N. The van der Waals surface area contributed by atoms with Crippen LogP contribution >= 0.6 is 0 Å². The molecule has 152 valence electrons. The van der Waals surface area contributed by atoms with Crippen LogP contribution in [0.1, 0.15) is 23.6 Å². The lowest BCUT2D eigenvalue weighted by atomic mass is 9.99. The fourth-order valence-corrected chi connectivity index (χ4v) is 3.98. The highest BCUT2D eigenvalue weighted by Gasteiger charge is 2.16. The number of hydrogen-bond donors (Lipinski definition) is 0. The molecule has 31 heavy (non-hydrogen) atoms. The summed E-state index contributed by atoms with van der Waals surface area (Å²) in [5.74, 6) is 0. The Hall–Kier alpha value is -3.84. The predicted octanol–water partition coefficient (Wildman–Crippen LogP) is 8.85. The van der Waals surface area contributed by atoms with Crippen LogP contribution in [0.4, 0.5) is 17.1 Å². The smallest absolute Gasteiger partial charge is 0.0540 e. The van der Waals surface area contributed by atoms with Crippen molar-refractivity contribution in [3.63, 3.8) is 0 Å². The Balaban J connectivity index is 1.96. The molecule has 0 atom stereocenters. The summed E-state index contributed by atoms with van der Waals surface area (Å²) in [5, 5.41) is 2.44. The Morgan fingerprint density at radius 3 is 2.29 bits per heavy atom. The number of allylic oxidation sites excluding steroid dienone is 3. The molecule has 0 unspecified atom stereocenters. The molecule has 0 aliphatic heterocycles. The second-order valence-electron chi connectivity index (χ2n) is 7.65. The maximum Gasteiger partial charge on any atom is 0.0540 e. The van der Waals surface area contributed by atoms with Gasteiger partial charge in [-0.05, 0) is 71.8 Å². The number of hydrogen-bond acceptors (Lipinski definition) is 1. The van der Waals surface area contributed by atoms with Crippen LogP contribution in [-0.2, 0) is 0 Å². The highest BCUT2D eigenvalue weighted by Crippen LogP contribution is 2.40. The maximum atomic E-state index is 4.28. The molecule has 0 spiro atoms. The Morgan fingerprint density at radius 1 is 0.839 bits per heavy atom. The standard InChI is InChI=1S/C30H27N/c1-5-10-22(3)29-21-27(18-15-23(29)4)31(26-19-16-24(6-2)17-20-26)30-14-9-12-25-11-7-8-13-28(25)30/h5-21H,2-3H2,1,4H3. The van der Waals surface area contributed by atoms with Crippen molar-refractivity contribution in [3.8, 4) is 0 Å². The average molecular weight is 402 g/mol. The lowest BCUT2D eigenvalue weighted by Gasteiger charge is -2.28. The molecular weight excluding hydrogens is 374 g/mol. The SMILES string of the molecule is C=Cc1ccc(N(c2ccc(C)c(C(=C)C=CC)c2)c2cccc3ccccc23)cc1. The van der Waals surface area contributed by atoms with E-state index < -0.39 is 0 Å². The van der Waals surface area contributed by atoms with Crippen molar-refractivity contribution >= 4 is 39.5 Å². The predicted molar refractivity (Wildman–Crippen MR) is 137 cm³/mol. The van der Waals surface area contributed by atoms with Gasteiger partial charge in [0, 0.05) is 16.8 Å². The zero-order valence-corrected chi connectivity index (χ0v) is 18.2. The molecule has 0 saturated heterocycles. The lowest BCUT2D eigenvalue weighted by Crippen LogP contribution is -2.11. The zero-order chi connectivity index (χ0) is 21.8. The van der Waals surface area contributed by atoms with Crippen molar-refractivity contribution < 1.29 is 0 Å². The Labute approximate surface area is 185 Å². The number of aryl methyl sites for hydroxylation is 1. The second kappa shape index (κ2) is 8.89. The van der Waals surface area contributed by atoms with E-state index in [1.807, 2.05) is 19.1 Å². The normalized spacial score (nSPS) is 11.0. The van der Waals surface area contributed by atoms with E-state index in [4.69, 9.17) is 0 Å². The van der Waals surface area contributed by atoms with Gasteiger partial charge in [0.05, 0.1) is 5.69 Å². The molecule has 0 aliphatic carbocycles. The minimum Gasteiger partial charge on any atom is -0.310 e. The molecule has 0 saturated carbocycles. The highest BCUT2D eigenvalue weighted by atomic mass is 15.1. The molecule has 0 heterocycles. The van der Waals surface area contributed by atoms with E-state index in [0.29, 0.717) is 0 Å². The third kappa shape index (κ3) is 4.08. The summed E-state index contributed by atoms with van der Waals surface area (Å²) in [6.45, 7) is 12.3. The molecule has 0 aliphatic rings. The van der Waals surface area contributed by atoms with Crippen molar-refractivity contribution in [3.05, 3.63) is 127 Å². The van der Waals surface area contributed by atoms with Gasteiger partial charge in [-0.15, -0.1) is 0 Å². The fourth-order valence-electron chi connectivity index (χ4n) is 3.98. The van der Waals surface area contributed by atoms with E-state index in [-0.39, 0.29) is 0 Å². The van der Waals surface area contributed by atoms with Gasteiger partial charge in [0.1, 0.15) is 0 Å². The quantitative estimate of drug-likeness (QED) is 0.292. The number of fused-ring (bicyclic) bond motifs is 1. The van der Waals surface area contributed by atoms with Crippen molar-refractivity contribution in [1.82, 2.24) is 0 Å². The van der Waals surface area contributed by atoms with Crippen molar-refractivity contribution in [1.29, 1.82) is 0 Å². The van der Waals surface area contributed by atoms with Crippen molar-refractivity contribution in [2.75, 3.05) is 4.90 Å². The van der Waals surface area contributed by atoms with Crippen molar-refractivity contribution in [2.24, 2.45) is 0 Å². The zero-order valence-electron chi connectivity index (χ0n) is 18.2. The molecule has 0 amide bonds. The molecule has 0 fully saturated rings. The molecule has 4 aromatic carbocycles. The minimum absolute atomic E-state index is 1.02. The first kappa shape index (κ1) is 20.4. The first-order valence-corrected chi connectivity index (χ1v) is 10.6. The Morgan fingerprint density at radius 2 is 1.55 bits per heavy atom. The van der Waals surface area contributed by atoms with Crippen LogP contribution in [0.2, 0.25) is 0 Å². The molecule has 4 rings (SSSR count). The summed E-state index contributed by atoms with van der Waals surface area (Å²) >= 11 is 0. The summed E-state index contributed by atoms with van der Waals surface area (Å²) < 4.78 is 0. The number of rotatable bonds is 6. The van der Waals surface area contributed by atoms with Gasteiger partial charge in [-0.3, -0.25) is 0 Å². The number of nitrogens with zero attached hydrogens (tertiary/aromatic N) is 1. The van der Waals surface area contributed by atoms with Gasteiger partial charge >= 0.3 is 0 Å². The Kier molecular flexibility index (Phi) is 5.86. The number of benzene rings is 4. The van der Waals surface area contributed by atoms with Crippen LogP contribution in [0, 0.1) is 6.92 Å². The Bertz CT molecular complexity index is 1270. The summed E-state index contributed by atoms with van der Waals surface area (Å²) in [7, 11) is 0. The third-order valence-corrected chi connectivity index (χ3v) is 5.59. The monoisotopic (exact) mass is 401 g/mol. The van der Waals surface area contributed by atoms with E-state index in [0.717, 1.165) is 33.8 Å². The topological polar surface area (TPSA) is 3.24 Å². The minimum atomic E-state index is 1.02. The van der Waals surface area contributed by atoms with Crippen LogP contribution in [0.25, 0.3) is 22.4 Å². The van der Waals surface area contributed by atoms with Gasteiger partial charge < -0.3 is 4.90 Å². The van der Waals surface area contributed by atoms with E-state index in [9.17, 15) is 0 Å². The lowest BCUT2D eigenvalue weighted by molar-refractivity contribution is 1.28. The van der Waals surface area contributed by atoms with Gasteiger partial charge in [0.15, 0.2) is 0 Å². The van der Waals surface area contributed by atoms with Gasteiger partial charge in [-0.1, -0.05) is 86.0 Å². The van der Waals surface area contributed by atoms with Crippen LogP contribution in [-0.4, -0.2) is 0 Å². The van der Waals surface area contributed by atoms with Crippen LogP contribution in [0.5, 0.6) is 0 Å². The molecule has 1 nitrogen and oxygen atoms in total. The highest BCUT2D eigenvalue weighted by molar-refractivity contribution is 5.99.